The summed E-state index contributed by atoms with van der Waals surface area (Å²) in [5.41, 5.74) is -1.10. The highest BCUT2D eigenvalue weighted by molar-refractivity contribution is 5.83. The number of carbonyl (C=O) groups is 2. The second-order valence-corrected chi connectivity index (χ2v) is 4.23. The van der Waals surface area contributed by atoms with Crippen LogP contribution in [0.4, 0.5) is 0 Å². The minimum atomic E-state index is -1.48. The van der Waals surface area contributed by atoms with Gasteiger partial charge >= 0.3 is 5.97 Å². The van der Waals surface area contributed by atoms with Crippen molar-refractivity contribution in [3.63, 3.8) is 0 Å². The van der Waals surface area contributed by atoms with Gasteiger partial charge in [-0.15, -0.1) is 0 Å². The number of amides is 1. The van der Waals surface area contributed by atoms with Gasteiger partial charge in [-0.25, -0.2) is 4.79 Å². The molecule has 0 aliphatic rings. The maximum atomic E-state index is 11.5. The summed E-state index contributed by atoms with van der Waals surface area (Å²) in [5, 5.41) is 18.9. The molecule has 0 radical (unpaired) electrons. The molecule has 0 saturated heterocycles. The third kappa shape index (κ3) is 2.45. The van der Waals surface area contributed by atoms with Gasteiger partial charge in [0.25, 0.3) is 0 Å². The van der Waals surface area contributed by atoms with Crippen LogP contribution in [0.1, 0.15) is 25.8 Å². The smallest absolute Gasteiger partial charge is 0.334 e. The van der Waals surface area contributed by atoms with Crippen molar-refractivity contribution in [2.75, 3.05) is 6.54 Å². The van der Waals surface area contributed by atoms with Gasteiger partial charge in [0.1, 0.15) is 5.75 Å². The van der Waals surface area contributed by atoms with E-state index in [1.165, 1.54) is 24.0 Å². The zero-order valence-corrected chi connectivity index (χ0v) is 10.5. The molecule has 2 N–H and O–H groups in total. The molecule has 0 saturated carbocycles. The molecule has 98 valence electrons. The Morgan fingerprint density at radius 2 is 2.17 bits per heavy atom. The SMILES string of the molecule is CCCN(C=O)C(C)(C(=O)O)c1cccc(O)c1. The first-order valence-corrected chi connectivity index (χ1v) is 5.71. The van der Waals surface area contributed by atoms with Crippen molar-refractivity contribution in [1.29, 1.82) is 0 Å². The number of aliphatic carboxylic acids is 1. The summed E-state index contributed by atoms with van der Waals surface area (Å²) in [4.78, 5) is 23.9. The van der Waals surface area contributed by atoms with Crippen molar-refractivity contribution in [2.45, 2.75) is 25.8 Å². The fourth-order valence-corrected chi connectivity index (χ4v) is 1.84. The van der Waals surface area contributed by atoms with Gasteiger partial charge in [0.2, 0.25) is 6.41 Å². The van der Waals surface area contributed by atoms with Gasteiger partial charge in [-0.05, 0) is 31.0 Å². The third-order valence-electron chi connectivity index (χ3n) is 2.99. The normalized spacial score (nSPS) is 13.7. The van der Waals surface area contributed by atoms with E-state index < -0.39 is 11.5 Å². The molecule has 0 fully saturated rings. The first-order chi connectivity index (χ1) is 8.46. The number of carbonyl (C=O) groups excluding carboxylic acids is 1. The van der Waals surface area contributed by atoms with Crippen molar-refractivity contribution in [2.24, 2.45) is 0 Å². The molecule has 1 aromatic carbocycles. The van der Waals surface area contributed by atoms with E-state index in [0.29, 0.717) is 24.9 Å². The molecule has 1 unspecified atom stereocenters. The summed E-state index contributed by atoms with van der Waals surface area (Å²) in [6.45, 7) is 3.65. The number of phenols is 1. The summed E-state index contributed by atoms with van der Waals surface area (Å²) in [6.07, 6.45) is 1.18. The molecule has 5 heteroatoms. The monoisotopic (exact) mass is 251 g/mol. The predicted molar refractivity (Wildman–Crippen MR) is 66.2 cm³/mol. The quantitative estimate of drug-likeness (QED) is 0.752. The fraction of sp³-hybridized carbons (Fsp3) is 0.385. The molecule has 18 heavy (non-hydrogen) atoms. The van der Waals surface area contributed by atoms with Gasteiger partial charge in [-0.1, -0.05) is 19.1 Å². The Morgan fingerprint density at radius 3 is 2.61 bits per heavy atom. The number of carboxylic acid groups (broad SMARTS) is 1. The van der Waals surface area contributed by atoms with Gasteiger partial charge in [0.15, 0.2) is 5.54 Å². The lowest BCUT2D eigenvalue weighted by atomic mass is 9.90. The Labute approximate surface area is 106 Å². The predicted octanol–water partition coefficient (Wildman–Crippen LogP) is 1.56. The summed E-state index contributed by atoms with van der Waals surface area (Å²) in [6, 6.07) is 5.96. The van der Waals surface area contributed by atoms with Crippen LogP contribution in [0.2, 0.25) is 0 Å². The van der Waals surface area contributed by atoms with Crippen molar-refractivity contribution < 1.29 is 19.8 Å². The Balaban J connectivity index is 3.30. The molecule has 1 aromatic rings. The third-order valence-corrected chi connectivity index (χ3v) is 2.99. The van der Waals surface area contributed by atoms with Crippen LogP contribution in [0, 0.1) is 0 Å². The summed E-state index contributed by atoms with van der Waals surface area (Å²) < 4.78 is 0. The Morgan fingerprint density at radius 1 is 1.50 bits per heavy atom. The van der Waals surface area contributed by atoms with Crippen LogP contribution in [-0.4, -0.2) is 34.0 Å². The van der Waals surface area contributed by atoms with Crippen molar-refractivity contribution in [3.8, 4) is 5.75 Å². The average molecular weight is 251 g/mol. The number of carboxylic acids is 1. The number of nitrogens with zero attached hydrogens (tertiary/aromatic N) is 1. The fourth-order valence-electron chi connectivity index (χ4n) is 1.84. The maximum Gasteiger partial charge on any atom is 0.334 e. The molecule has 0 heterocycles. The van der Waals surface area contributed by atoms with Crippen LogP contribution in [-0.2, 0) is 15.1 Å². The van der Waals surface area contributed by atoms with Crippen LogP contribution >= 0.6 is 0 Å². The molecule has 0 aliphatic heterocycles. The molecule has 1 rings (SSSR count). The lowest BCUT2D eigenvalue weighted by molar-refractivity contribution is -0.154. The lowest BCUT2D eigenvalue weighted by Gasteiger charge is -2.35. The number of benzene rings is 1. The second-order valence-electron chi connectivity index (χ2n) is 4.23. The first kappa shape index (κ1) is 14.0. The van der Waals surface area contributed by atoms with Crippen molar-refractivity contribution >= 4 is 12.4 Å². The summed E-state index contributed by atoms with van der Waals surface area (Å²) >= 11 is 0. The Bertz CT molecular complexity index is 446. The first-order valence-electron chi connectivity index (χ1n) is 5.71. The molecule has 0 aromatic heterocycles. The number of aromatic hydroxyl groups is 1. The average Bonchev–Trinajstić information content (AvgIpc) is 2.34. The summed E-state index contributed by atoms with van der Waals surface area (Å²) in [7, 11) is 0. The van der Waals surface area contributed by atoms with Crippen LogP contribution in [0.3, 0.4) is 0 Å². The van der Waals surface area contributed by atoms with Gasteiger partial charge < -0.3 is 15.1 Å². The Hall–Kier alpha value is -2.04. The highest BCUT2D eigenvalue weighted by atomic mass is 16.4. The zero-order chi connectivity index (χ0) is 13.8. The lowest BCUT2D eigenvalue weighted by Crippen LogP contribution is -2.49. The van der Waals surface area contributed by atoms with Crippen LogP contribution in [0.15, 0.2) is 24.3 Å². The maximum absolute atomic E-state index is 11.5. The van der Waals surface area contributed by atoms with Crippen LogP contribution in [0.25, 0.3) is 0 Å². The largest absolute Gasteiger partial charge is 0.508 e. The molecule has 1 amide bonds. The van der Waals surface area contributed by atoms with E-state index in [0.717, 1.165) is 0 Å². The van der Waals surface area contributed by atoms with E-state index in [1.807, 2.05) is 6.92 Å². The molecule has 5 nitrogen and oxygen atoms in total. The molecule has 1 atom stereocenters. The van der Waals surface area contributed by atoms with E-state index in [-0.39, 0.29) is 5.75 Å². The molecule has 0 spiro atoms. The van der Waals surface area contributed by atoms with Gasteiger partial charge in [0, 0.05) is 6.54 Å². The standard InChI is InChI=1S/C13H17NO4/c1-3-7-14(9-15)13(2,12(17)18)10-5-4-6-11(16)8-10/h4-6,8-9,16H,3,7H2,1-2H3,(H,17,18). The minimum Gasteiger partial charge on any atom is -0.508 e. The van der Waals surface area contributed by atoms with Crippen LogP contribution in [0.5, 0.6) is 5.75 Å². The van der Waals surface area contributed by atoms with Gasteiger partial charge in [0.05, 0.1) is 0 Å². The minimum absolute atomic E-state index is 0.0256. The molecular formula is C13H17NO4. The van der Waals surface area contributed by atoms with Crippen molar-refractivity contribution in [3.05, 3.63) is 29.8 Å². The van der Waals surface area contributed by atoms with E-state index in [1.54, 1.807) is 12.1 Å². The molecule has 0 aliphatic carbocycles. The number of hydrogen-bond acceptors (Lipinski definition) is 3. The van der Waals surface area contributed by atoms with E-state index >= 15 is 0 Å². The number of hydrogen-bond donors (Lipinski definition) is 2. The van der Waals surface area contributed by atoms with Gasteiger partial charge in [-0.3, -0.25) is 4.79 Å². The topological polar surface area (TPSA) is 77.8 Å². The molecule has 0 bridgehead atoms. The second kappa shape index (κ2) is 5.53. The summed E-state index contributed by atoms with van der Waals surface area (Å²) in [5.74, 6) is -1.16. The van der Waals surface area contributed by atoms with Gasteiger partial charge in [-0.2, -0.15) is 0 Å². The number of rotatable bonds is 6. The van der Waals surface area contributed by atoms with E-state index in [9.17, 15) is 19.8 Å². The van der Waals surface area contributed by atoms with E-state index in [4.69, 9.17) is 0 Å². The van der Waals surface area contributed by atoms with Crippen molar-refractivity contribution in [1.82, 2.24) is 4.90 Å². The Kier molecular flexibility index (Phi) is 4.31. The number of phenolic OH excluding ortho intramolecular Hbond substituents is 1. The van der Waals surface area contributed by atoms with Crippen LogP contribution < -0.4 is 0 Å². The highest BCUT2D eigenvalue weighted by Crippen LogP contribution is 2.30. The van der Waals surface area contributed by atoms with E-state index in [2.05, 4.69) is 0 Å². The zero-order valence-electron chi connectivity index (χ0n) is 10.5. The highest BCUT2D eigenvalue weighted by Gasteiger charge is 2.40. The molecular weight excluding hydrogens is 234 g/mol.